The number of aromatic nitrogens is 4. The van der Waals surface area contributed by atoms with Gasteiger partial charge >= 0.3 is 0 Å². The van der Waals surface area contributed by atoms with Crippen LogP contribution in [0, 0.1) is 0 Å². The van der Waals surface area contributed by atoms with E-state index in [2.05, 4.69) is 32.7 Å². The number of rotatable bonds is 7. The zero-order valence-corrected chi connectivity index (χ0v) is 12.6. The standard InChI is InChI=1S/C15H20N6O/c1-2-20(12-7-8-12)10-9-16-15(22)13-5-3-4-6-14(13)21-11-17-18-19-21/h3-6,11-12H,2,7-10H2,1H3,(H,16,22). The quantitative estimate of drug-likeness (QED) is 0.821. The Morgan fingerprint density at radius 1 is 1.41 bits per heavy atom. The van der Waals surface area contributed by atoms with Gasteiger partial charge in [0, 0.05) is 19.1 Å². The highest BCUT2D eigenvalue weighted by atomic mass is 16.1. The van der Waals surface area contributed by atoms with Crippen molar-refractivity contribution >= 4 is 5.91 Å². The molecular weight excluding hydrogens is 280 g/mol. The van der Waals surface area contributed by atoms with E-state index in [0.717, 1.165) is 19.1 Å². The van der Waals surface area contributed by atoms with Gasteiger partial charge in [0.15, 0.2) is 0 Å². The Kier molecular flexibility index (Phi) is 4.43. The Morgan fingerprint density at radius 2 is 2.23 bits per heavy atom. The van der Waals surface area contributed by atoms with E-state index in [0.29, 0.717) is 17.8 Å². The number of amides is 1. The van der Waals surface area contributed by atoms with Crippen LogP contribution in [0.15, 0.2) is 30.6 Å². The molecular formula is C15H20N6O. The normalized spacial score (nSPS) is 14.3. The third-order valence-corrected chi connectivity index (χ3v) is 3.90. The van der Waals surface area contributed by atoms with Crippen molar-refractivity contribution in [3.05, 3.63) is 36.2 Å². The minimum atomic E-state index is -0.0991. The molecule has 0 radical (unpaired) electrons. The van der Waals surface area contributed by atoms with Gasteiger partial charge in [0.05, 0.1) is 11.3 Å². The highest BCUT2D eigenvalue weighted by molar-refractivity contribution is 5.97. The molecule has 1 aliphatic carbocycles. The lowest BCUT2D eigenvalue weighted by Crippen LogP contribution is -2.36. The maximum absolute atomic E-state index is 12.4. The van der Waals surface area contributed by atoms with Crippen molar-refractivity contribution in [1.82, 2.24) is 30.4 Å². The van der Waals surface area contributed by atoms with Crippen LogP contribution in [0.25, 0.3) is 5.69 Å². The number of para-hydroxylation sites is 1. The van der Waals surface area contributed by atoms with Gasteiger partial charge < -0.3 is 5.32 Å². The van der Waals surface area contributed by atoms with Gasteiger partial charge in [-0.25, -0.2) is 0 Å². The Morgan fingerprint density at radius 3 is 2.91 bits per heavy atom. The number of tetrazole rings is 1. The average molecular weight is 300 g/mol. The van der Waals surface area contributed by atoms with Gasteiger partial charge in [0.25, 0.3) is 5.91 Å². The number of carbonyl (C=O) groups excluding carboxylic acids is 1. The average Bonchev–Trinajstić information content (AvgIpc) is 3.24. The summed E-state index contributed by atoms with van der Waals surface area (Å²) in [5.41, 5.74) is 1.25. The molecule has 0 spiro atoms. The summed E-state index contributed by atoms with van der Waals surface area (Å²) in [6.45, 7) is 4.72. The van der Waals surface area contributed by atoms with E-state index < -0.39 is 0 Å². The maximum atomic E-state index is 12.4. The molecule has 0 bridgehead atoms. The summed E-state index contributed by atoms with van der Waals surface area (Å²) in [6, 6.07) is 8.03. The summed E-state index contributed by atoms with van der Waals surface area (Å²) in [5.74, 6) is -0.0991. The van der Waals surface area contributed by atoms with Crippen LogP contribution in [0.1, 0.15) is 30.1 Å². The largest absolute Gasteiger partial charge is 0.351 e. The first-order chi connectivity index (χ1) is 10.8. The minimum absolute atomic E-state index is 0.0991. The van der Waals surface area contributed by atoms with Crippen molar-refractivity contribution in [3.63, 3.8) is 0 Å². The lowest BCUT2D eigenvalue weighted by atomic mass is 10.1. The summed E-state index contributed by atoms with van der Waals surface area (Å²) in [4.78, 5) is 14.8. The number of nitrogens with zero attached hydrogens (tertiary/aromatic N) is 5. The summed E-state index contributed by atoms with van der Waals surface area (Å²) >= 11 is 0. The Hall–Kier alpha value is -2.28. The first-order valence-corrected chi connectivity index (χ1v) is 7.64. The lowest BCUT2D eigenvalue weighted by Gasteiger charge is -2.19. The fourth-order valence-corrected chi connectivity index (χ4v) is 2.58. The smallest absolute Gasteiger partial charge is 0.253 e. The molecule has 116 valence electrons. The zero-order valence-electron chi connectivity index (χ0n) is 12.6. The van der Waals surface area contributed by atoms with Crippen molar-refractivity contribution in [3.8, 4) is 5.69 Å². The molecule has 1 aromatic carbocycles. The molecule has 22 heavy (non-hydrogen) atoms. The predicted octanol–water partition coefficient (Wildman–Crippen LogP) is 0.876. The van der Waals surface area contributed by atoms with Gasteiger partial charge in [-0.15, -0.1) is 5.10 Å². The van der Waals surface area contributed by atoms with Crippen LogP contribution in [0.3, 0.4) is 0 Å². The van der Waals surface area contributed by atoms with Gasteiger partial charge in [-0.3, -0.25) is 9.69 Å². The second-order valence-electron chi connectivity index (χ2n) is 5.39. The van der Waals surface area contributed by atoms with Crippen molar-refractivity contribution in [2.24, 2.45) is 0 Å². The Labute approximate surface area is 129 Å². The molecule has 1 aliphatic rings. The Balaban J connectivity index is 1.63. The van der Waals surface area contributed by atoms with Crippen LogP contribution in [-0.2, 0) is 0 Å². The van der Waals surface area contributed by atoms with Crippen LogP contribution in [0.4, 0.5) is 0 Å². The summed E-state index contributed by atoms with van der Waals surface area (Å²) < 4.78 is 1.50. The van der Waals surface area contributed by atoms with Gasteiger partial charge in [-0.05, 0) is 41.9 Å². The molecule has 1 saturated carbocycles. The van der Waals surface area contributed by atoms with Crippen molar-refractivity contribution in [2.75, 3.05) is 19.6 Å². The van der Waals surface area contributed by atoms with Gasteiger partial charge in [0.1, 0.15) is 6.33 Å². The molecule has 0 atom stereocenters. The predicted molar refractivity (Wildman–Crippen MR) is 81.8 cm³/mol. The molecule has 0 saturated heterocycles. The number of likely N-dealkylation sites (N-methyl/N-ethyl adjacent to an activating group) is 1. The van der Waals surface area contributed by atoms with Crippen LogP contribution in [-0.4, -0.2) is 56.7 Å². The van der Waals surface area contributed by atoms with Crippen molar-refractivity contribution < 1.29 is 4.79 Å². The molecule has 1 aromatic heterocycles. The van der Waals surface area contributed by atoms with E-state index in [1.807, 2.05) is 18.2 Å². The van der Waals surface area contributed by atoms with Crippen LogP contribution < -0.4 is 5.32 Å². The molecule has 1 fully saturated rings. The van der Waals surface area contributed by atoms with Gasteiger partial charge in [-0.1, -0.05) is 19.1 Å². The first kappa shape index (κ1) is 14.6. The topological polar surface area (TPSA) is 75.9 Å². The van der Waals surface area contributed by atoms with Crippen molar-refractivity contribution in [1.29, 1.82) is 0 Å². The molecule has 2 aromatic rings. The number of hydrogen-bond acceptors (Lipinski definition) is 5. The number of hydrogen-bond donors (Lipinski definition) is 1. The maximum Gasteiger partial charge on any atom is 0.253 e. The second kappa shape index (κ2) is 6.65. The molecule has 3 rings (SSSR count). The fourth-order valence-electron chi connectivity index (χ4n) is 2.58. The minimum Gasteiger partial charge on any atom is -0.351 e. The molecule has 1 amide bonds. The first-order valence-electron chi connectivity index (χ1n) is 7.64. The zero-order chi connectivity index (χ0) is 15.4. The van der Waals surface area contributed by atoms with E-state index in [1.54, 1.807) is 6.07 Å². The molecule has 0 aliphatic heterocycles. The number of benzene rings is 1. The van der Waals surface area contributed by atoms with Crippen molar-refractivity contribution in [2.45, 2.75) is 25.8 Å². The number of nitrogens with one attached hydrogen (secondary N) is 1. The second-order valence-corrected chi connectivity index (χ2v) is 5.39. The highest BCUT2D eigenvalue weighted by Crippen LogP contribution is 2.25. The monoisotopic (exact) mass is 300 g/mol. The van der Waals surface area contributed by atoms with Crippen LogP contribution >= 0.6 is 0 Å². The van der Waals surface area contributed by atoms with Crippen LogP contribution in [0.5, 0.6) is 0 Å². The van der Waals surface area contributed by atoms with E-state index in [1.165, 1.54) is 23.9 Å². The summed E-state index contributed by atoms with van der Waals surface area (Å²) in [7, 11) is 0. The molecule has 0 unspecified atom stereocenters. The highest BCUT2D eigenvalue weighted by Gasteiger charge is 2.27. The van der Waals surface area contributed by atoms with Gasteiger partial charge in [-0.2, -0.15) is 4.68 Å². The van der Waals surface area contributed by atoms with E-state index >= 15 is 0 Å². The molecule has 1 N–H and O–H groups in total. The van der Waals surface area contributed by atoms with E-state index in [9.17, 15) is 4.79 Å². The lowest BCUT2D eigenvalue weighted by molar-refractivity contribution is 0.0948. The fraction of sp³-hybridized carbons (Fsp3) is 0.467. The van der Waals surface area contributed by atoms with E-state index in [4.69, 9.17) is 0 Å². The molecule has 1 heterocycles. The number of carbonyl (C=O) groups is 1. The summed E-state index contributed by atoms with van der Waals surface area (Å²) in [6.07, 6.45) is 4.05. The molecule has 7 heteroatoms. The SMILES string of the molecule is CCN(CCNC(=O)c1ccccc1-n1cnnn1)C1CC1. The Bertz CT molecular complexity index is 623. The van der Waals surface area contributed by atoms with Gasteiger partial charge in [0.2, 0.25) is 0 Å². The third kappa shape index (κ3) is 3.30. The summed E-state index contributed by atoms with van der Waals surface area (Å²) in [5, 5.41) is 14.1. The van der Waals surface area contributed by atoms with Crippen LogP contribution in [0.2, 0.25) is 0 Å². The van der Waals surface area contributed by atoms with E-state index in [-0.39, 0.29) is 5.91 Å². The third-order valence-electron chi connectivity index (χ3n) is 3.90. The molecule has 7 nitrogen and oxygen atoms in total.